The van der Waals surface area contributed by atoms with Gasteiger partial charge in [-0.2, -0.15) is 0 Å². The third kappa shape index (κ3) is 5.07. The van der Waals surface area contributed by atoms with Crippen molar-refractivity contribution in [3.63, 3.8) is 0 Å². The van der Waals surface area contributed by atoms with E-state index >= 15 is 0 Å². The average molecular weight is 667 g/mol. The van der Waals surface area contributed by atoms with Gasteiger partial charge in [0.25, 0.3) is 0 Å². The summed E-state index contributed by atoms with van der Waals surface area (Å²) >= 11 is 1.75. The number of benzene rings is 7. The molecule has 234 valence electrons. The molecular formula is C44H31N2OPS. The van der Waals surface area contributed by atoms with Crippen molar-refractivity contribution in [2.75, 3.05) is 13.3 Å². The number of hydrogen-bond acceptors (Lipinski definition) is 4. The Hall–Kier alpha value is -5.41. The predicted octanol–water partition coefficient (Wildman–Crippen LogP) is 12.1. The molecule has 7 aromatic carbocycles. The third-order valence-electron chi connectivity index (χ3n) is 9.39. The molecule has 0 amide bonds. The second kappa shape index (κ2) is 11.6. The fraction of sp³-hybridized carbons (Fsp3) is 0.0455. The van der Waals surface area contributed by atoms with Crippen LogP contribution in [0.3, 0.4) is 0 Å². The van der Waals surface area contributed by atoms with Crippen LogP contribution in [0, 0.1) is 0 Å². The standard InChI is InChI=1S/C44H31N2OPS/c1-48(2,47)32-16-12-15-31(27-32)40-35-19-8-6-17-33(35)39(34-18-7-9-20-36(34)40)28-23-25-30(26-24-28)44-45-41(29-13-4-3-5-14-29)43-42(46-44)37-21-10-11-22-38(37)49-43/h3-27H,1-2H3. The highest BCUT2D eigenvalue weighted by atomic mass is 32.1. The van der Waals surface area contributed by atoms with Crippen LogP contribution >= 0.6 is 18.5 Å². The van der Waals surface area contributed by atoms with Crippen LogP contribution in [-0.4, -0.2) is 23.3 Å². The highest BCUT2D eigenvalue weighted by molar-refractivity contribution is 7.70. The topological polar surface area (TPSA) is 42.9 Å². The van der Waals surface area contributed by atoms with E-state index in [4.69, 9.17) is 9.97 Å². The van der Waals surface area contributed by atoms with Crippen LogP contribution in [0.15, 0.2) is 152 Å². The molecule has 0 aliphatic heterocycles. The zero-order valence-corrected chi connectivity index (χ0v) is 28.8. The van der Waals surface area contributed by atoms with Gasteiger partial charge in [0.1, 0.15) is 7.14 Å². The molecule has 0 atom stereocenters. The van der Waals surface area contributed by atoms with Crippen molar-refractivity contribution in [3.05, 3.63) is 152 Å². The Morgan fingerprint density at radius 3 is 1.65 bits per heavy atom. The molecule has 0 fully saturated rings. The van der Waals surface area contributed by atoms with Crippen LogP contribution in [-0.2, 0) is 4.57 Å². The van der Waals surface area contributed by atoms with Gasteiger partial charge >= 0.3 is 0 Å². The Morgan fingerprint density at radius 1 is 0.490 bits per heavy atom. The van der Waals surface area contributed by atoms with Crippen molar-refractivity contribution in [1.29, 1.82) is 0 Å². The summed E-state index contributed by atoms with van der Waals surface area (Å²) in [6.07, 6.45) is 0. The number of rotatable bonds is 5. The average Bonchev–Trinajstić information content (AvgIpc) is 3.52. The Morgan fingerprint density at radius 2 is 1.02 bits per heavy atom. The van der Waals surface area contributed by atoms with Gasteiger partial charge < -0.3 is 4.57 Å². The Bertz CT molecular complexity index is 2710. The lowest BCUT2D eigenvalue weighted by atomic mass is 9.86. The highest BCUT2D eigenvalue weighted by Crippen LogP contribution is 2.45. The second-order valence-corrected chi connectivity index (χ2v) is 17.1. The number of aromatic nitrogens is 2. The van der Waals surface area contributed by atoms with Gasteiger partial charge in [-0.15, -0.1) is 11.3 Å². The SMILES string of the molecule is CP(C)(=O)c1cccc(-c2c3ccccc3c(-c3ccc(-c4nc(-c5ccccc5)c5sc6ccccc6c5n4)cc3)c3ccccc23)c1. The molecule has 0 spiro atoms. The largest absolute Gasteiger partial charge is 0.319 e. The maximum Gasteiger partial charge on any atom is 0.160 e. The Balaban J connectivity index is 1.23. The first-order valence-electron chi connectivity index (χ1n) is 16.4. The summed E-state index contributed by atoms with van der Waals surface area (Å²) < 4.78 is 15.4. The van der Waals surface area contributed by atoms with Crippen LogP contribution in [0.4, 0.5) is 0 Å². The van der Waals surface area contributed by atoms with Crippen molar-refractivity contribution < 1.29 is 4.57 Å². The molecule has 0 aliphatic carbocycles. The molecule has 0 N–H and O–H groups in total. The molecule has 9 aromatic rings. The van der Waals surface area contributed by atoms with E-state index in [-0.39, 0.29) is 0 Å². The summed E-state index contributed by atoms with van der Waals surface area (Å²) in [6.45, 7) is 3.67. The van der Waals surface area contributed by atoms with Gasteiger partial charge in [-0.1, -0.05) is 140 Å². The third-order valence-corrected chi connectivity index (χ3v) is 12.1. The monoisotopic (exact) mass is 666 g/mol. The Labute approximate surface area is 288 Å². The maximum absolute atomic E-state index is 13.1. The lowest BCUT2D eigenvalue weighted by molar-refractivity contribution is 0.588. The first-order valence-corrected chi connectivity index (χ1v) is 19.8. The van der Waals surface area contributed by atoms with Crippen molar-refractivity contribution in [1.82, 2.24) is 9.97 Å². The molecule has 0 aliphatic rings. The van der Waals surface area contributed by atoms with Gasteiger partial charge in [-0.05, 0) is 69.3 Å². The van der Waals surface area contributed by atoms with Crippen LogP contribution in [0.2, 0.25) is 0 Å². The second-order valence-electron chi connectivity index (χ2n) is 12.9. The molecule has 2 aromatic heterocycles. The van der Waals surface area contributed by atoms with Gasteiger partial charge in [0.15, 0.2) is 5.82 Å². The van der Waals surface area contributed by atoms with Gasteiger partial charge in [-0.25, -0.2) is 9.97 Å². The van der Waals surface area contributed by atoms with Crippen molar-refractivity contribution in [2.45, 2.75) is 0 Å². The number of fused-ring (bicyclic) bond motifs is 5. The van der Waals surface area contributed by atoms with Gasteiger partial charge in [0, 0.05) is 26.5 Å². The van der Waals surface area contributed by atoms with E-state index in [0.717, 1.165) is 54.7 Å². The quantitative estimate of drug-likeness (QED) is 0.136. The molecule has 3 nitrogen and oxygen atoms in total. The summed E-state index contributed by atoms with van der Waals surface area (Å²) in [6, 6.07) is 53.1. The van der Waals surface area contributed by atoms with Crippen molar-refractivity contribution in [2.24, 2.45) is 0 Å². The first kappa shape index (κ1) is 29.7. The molecule has 2 heterocycles. The van der Waals surface area contributed by atoms with Gasteiger partial charge in [0.05, 0.1) is 15.9 Å². The number of nitrogens with zero attached hydrogens (tertiary/aromatic N) is 2. The van der Waals surface area contributed by atoms with Gasteiger partial charge in [-0.3, -0.25) is 0 Å². The fourth-order valence-corrected chi connectivity index (χ4v) is 9.09. The maximum atomic E-state index is 13.1. The Kier molecular flexibility index (Phi) is 7.05. The minimum absolute atomic E-state index is 0.718. The number of hydrogen-bond donors (Lipinski definition) is 0. The molecule has 0 bridgehead atoms. The van der Waals surface area contributed by atoms with E-state index in [2.05, 4.69) is 133 Å². The highest BCUT2D eigenvalue weighted by Gasteiger charge is 2.20. The van der Waals surface area contributed by atoms with E-state index in [0.29, 0.717) is 0 Å². The minimum Gasteiger partial charge on any atom is -0.319 e. The van der Waals surface area contributed by atoms with E-state index in [9.17, 15) is 4.57 Å². The molecule has 5 heteroatoms. The van der Waals surface area contributed by atoms with Crippen LogP contribution in [0.5, 0.6) is 0 Å². The summed E-state index contributed by atoms with van der Waals surface area (Å²) in [7, 11) is -2.43. The van der Waals surface area contributed by atoms with Crippen molar-refractivity contribution in [3.8, 4) is 44.9 Å². The van der Waals surface area contributed by atoms with E-state index in [1.165, 1.54) is 37.4 Å². The van der Waals surface area contributed by atoms with E-state index in [1.54, 1.807) is 11.3 Å². The zero-order valence-electron chi connectivity index (χ0n) is 27.1. The lowest BCUT2D eigenvalue weighted by Gasteiger charge is -2.18. The fourth-order valence-electron chi connectivity index (χ4n) is 7.04. The summed E-state index contributed by atoms with van der Waals surface area (Å²) in [4.78, 5) is 10.4. The van der Waals surface area contributed by atoms with E-state index < -0.39 is 7.14 Å². The summed E-state index contributed by atoms with van der Waals surface area (Å²) in [5.74, 6) is 0.718. The van der Waals surface area contributed by atoms with Gasteiger partial charge in [0.2, 0.25) is 0 Å². The normalized spacial score (nSPS) is 12.0. The molecule has 49 heavy (non-hydrogen) atoms. The number of thiophene rings is 1. The molecule has 0 saturated carbocycles. The van der Waals surface area contributed by atoms with Crippen molar-refractivity contribution >= 4 is 65.6 Å². The minimum atomic E-state index is -2.43. The van der Waals surface area contributed by atoms with Crippen LogP contribution < -0.4 is 5.30 Å². The predicted molar refractivity (Wildman–Crippen MR) is 211 cm³/mol. The summed E-state index contributed by atoms with van der Waals surface area (Å²) in [5, 5.41) is 6.75. The molecular weight excluding hydrogens is 636 g/mol. The molecule has 0 radical (unpaired) electrons. The van der Waals surface area contributed by atoms with Crippen LogP contribution in [0.1, 0.15) is 0 Å². The summed E-state index contributed by atoms with van der Waals surface area (Å²) in [5.41, 5.74) is 8.59. The zero-order chi connectivity index (χ0) is 33.1. The molecule has 0 unspecified atom stereocenters. The first-order chi connectivity index (χ1) is 23.9. The van der Waals surface area contributed by atoms with E-state index in [1.807, 2.05) is 31.5 Å². The molecule has 9 rings (SSSR count). The van der Waals surface area contributed by atoms with Crippen LogP contribution in [0.25, 0.3) is 86.7 Å². The molecule has 0 saturated heterocycles. The smallest absolute Gasteiger partial charge is 0.160 e. The lowest BCUT2D eigenvalue weighted by Crippen LogP contribution is -2.02.